The van der Waals surface area contributed by atoms with E-state index in [1.54, 1.807) is 0 Å². The third-order valence-electron chi connectivity index (χ3n) is 6.76. The Morgan fingerprint density at radius 1 is 1.00 bits per heavy atom. The molecule has 3 aromatic rings. The Kier molecular flexibility index (Phi) is 7.62. The first-order valence-corrected chi connectivity index (χ1v) is 13.5. The average Bonchev–Trinajstić information content (AvgIpc) is 3.55. The molecule has 2 aliphatic heterocycles. The average molecular weight is 525 g/mol. The summed E-state index contributed by atoms with van der Waals surface area (Å²) in [6.07, 6.45) is 3.65. The minimum Gasteiger partial charge on any atom is -0.459 e. The highest BCUT2D eigenvalue weighted by Gasteiger charge is 2.25. The summed E-state index contributed by atoms with van der Waals surface area (Å²) in [5.74, 6) is 5.32. The Balaban J connectivity index is 1.26. The zero-order chi connectivity index (χ0) is 25.1. The molecule has 0 radical (unpaired) electrons. The van der Waals surface area contributed by atoms with Crippen molar-refractivity contribution >= 4 is 46.5 Å². The molecule has 2 aromatic heterocycles. The van der Waals surface area contributed by atoms with Crippen LogP contribution in [0, 0.1) is 11.8 Å². The first kappa shape index (κ1) is 24.8. The molecule has 2 N–H and O–H groups in total. The van der Waals surface area contributed by atoms with Gasteiger partial charge in [-0.15, -0.1) is 0 Å². The van der Waals surface area contributed by atoms with Crippen molar-refractivity contribution in [3.63, 3.8) is 0 Å². The van der Waals surface area contributed by atoms with Crippen LogP contribution < -0.4 is 20.4 Å². The number of thiocarbonyl (C=S) groups is 1. The van der Waals surface area contributed by atoms with Gasteiger partial charge in [-0.05, 0) is 79.7 Å². The first-order chi connectivity index (χ1) is 17.4. The maximum Gasteiger partial charge on any atom is 0.232 e. The van der Waals surface area contributed by atoms with Crippen molar-refractivity contribution in [2.45, 2.75) is 39.7 Å². The van der Waals surface area contributed by atoms with Crippen LogP contribution >= 0.6 is 23.8 Å². The molecule has 7 nitrogen and oxygen atoms in total. The summed E-state index contributed by atoms with van der Waals surface area (Å²) in [5, 5.41) is 7.60. The topological polar surface area (TPSA) is 69.5 Å². The van der Waals surface area contributed by atoms with Gasteiger partial charge >= 0.3 is 0 Å². The van der Waals surface area contributed by atoms with Gasteiger partial charge in [-0.2, -0.15) is 9.97 Å². The standard InChI is InChI=1S/C27H33ClN6OS/c1-18-13-19(2)17-34(16-18)25-14-24(33-11-3-4-12-33)30-26(31-25)32-27(36)29-15-22-9-10-23(35-22)20-5-7-21(28)8-6-20/h5-10,14,18-19H,3-4,11-13,15-17H2,1-2H3,(H2,29,30,31,32,36)/t18-,19-/m1/s1. The van der Waals surface area contributed by atoms with Gasteiger partial charge in [0.1, 0.15) is 23.2 Å². The van der Waals surface area contributed by atoms with Crippen LogP contribution in [0.1, 0.15) is 38.9 Å². The predicted octanol–water partition coefficient (Wildman–Crippen LogP) is 5.96. The molecule has 0 aliphatic carbocycles. The number of benzene rings is 1. The second-order valence-corrected chi connectivity index (χ2v) is 10.9. The van der Waals surface area contributed by atoms with Crippen LogP contribution in [-0.4, -0.2) is 41.3 Å². The molecule has 2 fully saturated rings. The molecule has 2 aliphatic rings. The number of nitrogens with zero attached hydrogens (tertiary/aromatic N) is 4. The lowest BCUT2D eigenvalue weighted by Crippen LogP contribution is -2.39. The number of halogens is 1. The van der Waals surface area contributed by atoms with Gasteiger partial charge in [-0.25, -0.2) is 0 Å². The summed E-state index contributed by atoms with van der Waals surface area (Å²) in [7, 11) is 0. The van der Waals surface area contributed by atoms with Gasteiger partial charge < -0.3 is 24.9 Å². The summed E-state index contributed by atoms with van der Waals surface area (Å²) in [5.41, 5.74) is 0.979. The molecular formula is C27H33ClN6OS. The number of anilines is 3. The highest BCUT2D eigenvalue weighted by molar-refractivity contribution is 7.80. The van der Waals surface area contributed by atoms with E-state index in [2.05, 4.69) is 40.3 Å². The molecule has 0 amide bonds. The van der Waals surface area contributed by atoms with E-state index in [1.165, 1.54) is 19.3 Å². The number of rotatable bonds is 6. The van der Waals surface area contributed by atoms with E-state index in [-0.39, 0.29) is 0 Å². The predicted molar refractivity (Wildman–Crippen MR) is 151 cm³/mol. The lowest BCUT2D eigenvalue weighted by atomic mass is 9.92. The fourth-order valence-electron chi connectivity index (χ4n) is 5.15. The van der Waals surface area contributed by atoms with Crippen LogP contribution in [0.25, 0.3) is 11.3 Å². The van der Waals surface area contributed by atoms with Crippen molar-refractivity contribution < 1.29 is 4.42 Å². The number of aromatic nitrogens is 2. The lowest BCUT2D eigenvalue weighted by Gasteiger charge is -2.36. The minimum absolute atomic E-state index is 0.458. The number of nitrogens with one attached hydrogen (secondary N) is 2. The van der Waals surface area contributed by atoms with Gasteiger partial charge in [0.2, 0.25) is 5.95 Å². The summed E-state index contributed by atoms with van der Waals surface area (Å²) in [6, 6.07) is 13.6. The Morgan fingerprint density at radius 3 is 2.36 bits per heavy atom. The Labute approximate surface area is 223 Å². The van der Waals surface area contributed by atoms with Crippen molar-refractivity contribution in [2.75, 3.05) is 41.3 Å². The van der Waals surface area contributed by atoms with Crippen molar-refractivity contribution in [1.82, 2.24) is 15.3 Å². The Morgan fingerprint density at radius 2 is 1.67 bits per heavy atom. The van der Waals surface area contributed by atoms with Gasteiger partial charge in [-0.3, -0.25) is 0 Å². The van der Waals surface area contributed by atoms with Gasteiger partial charge in [0.25, 0.3) is 0 Å². The quantitative estimate of drug-likeness (QED) is 0.383. The van der Waals surface area contributed by atoms with Crippen molar-refractivity contribution in [1.29, 1.82) is 0 Å². The molecule has 2 saturated heterocycles. The number of hydrogen-bond donors (Lipinski definition) is 2. The fraction of sp³-hybridized carbons (Fsp3) is 0.444. The highest BCUT2D eigenvalue weighted by atomic mass is 35.5. The van der Waals surface area contributed by atoms with Crippen LogP contribution in [0.2, 0.25) is 5.02 Å². The third kappa shape index (κ3) is 6.10. The molecule has 2 atom stereocenters. The number of furan rings is 1. The van der Waals surface area contributed by atoms with Gasteiger partial charge in [0.15, 0.2) is 5.11 Å². The summed E-state index contributed by atoms with van der Waals surface area (Å²) >= 11 is 11.6. The highest BCUT2D eigenvalue weighted by Crippen LogP contribution is 2.29. The molecule has 1 aromatic carbocycles. The maximum atomic E-state index is 5.99. The summed E-state index contributed by atoms with van der Waals surface area (Å²) in [4.78, 5) is 14.4. The molecule has 190 valence electrons. The third-order valence-corrected chi connectivity index (χ3v) is 7.26. The van der Waals surface area contributed by atoms with Gasteiger partial charge in [0, 0.05) is 42.8 Å². The molecule has 0 bridgehead atoms. The Bertz CT molecular complexity index is 1180. The normalized spacial score (nSPS) is 20.0. The zero-order valence-corrected chi connectivity index (χ0v) is 22.4. The maximum absolute atomic E-state index is 5.99. The fourth-order valence-corrected chi connectivity index (χ4v) is 5.44. The van der Waals surface area contributed by atoms with Crippen molar-refractivity contribution in [3.8, 4) is 11.3 Å². The molecule has 0 unspecified atom stereocenters. The largest absolute Gasteiger partial charge is 0.459 e. The van der Waals surface area contributed by atoms with E-state index in [9.17, 15) is 0 Å². The molecule has 5 rings (SSSR count). The van der Waals surface area contributed by atoms with Crippen molar-refractivity contribution in [2.24, 2.45) is 11.8 Å². The van der Waals surface area contributed by atoms with Crippen LogP contribution in [0.15, 0.2) is 46.9 Å². The first-order valence-electron chi connectivity index (χ1n) is 12.7. The van der Waals surface area contributed by atoms with E-state index in [0.717, 1.165) is 54.9 Å². The monoisotopic (exact) mass is 524 g/mol. The summed E-state index contributed by atoms with van der Waals surface area (Å²) < 4.78 is 5.98. The molecule has 36 heavy (non-hydrogen) atoms. The smallest absolute Gasteiger partial charge is 0.232 e. The van der Waals surface area contributed by atoms with Crippen LogP contribution in [0.4, 0.5) is 17.6 Å². The zero-order valence-electron chi connectivity index (χ0n) is 20.8. The second kappa shape index (κ2) is 11.0. The molecular weight excluding hydrogens is 492 g/mol. The van der Waals surface area contributed by atoms with Gasteiger partial charge in [-0.1, -0.05) is 25.4 Å². The lowest BCUT2D eigenvalue weighted by molar-refractivity contribution is 0.355. The van der Waals surface area contributed by atoms with Crippen LogP contribution in [-0.2, 0) is 6.54 Å². The molecule has 4 heterocycles. The molecule has 0 saturated carbocycles. The second-order valence-electron chi connectivity index (χ2n) is 10.0. The Hall–Kier alpha value is -2.84. The SMILES string of the molecule is C[C@@H]1C[C@@H](C)CN(c2cc(N3CCCC3)nc(NC(=S)NCc3ccc(-c4ccc(Cl)cc4)o3)n2)C1. The number of piperidine rings is 1. The summed E-state index contributed by atoms with van der Waals surface area (Å²) in [6.45, 7) is 9.17. The van der Waals surface area contributed by atoms with Gasteiger partial charge in [0.05, 0.1) is 6.54 Å². The van der Waals surface area contributed by atoms with E-state index in [4.69, 9.17) is 38.2 Å². The van der Waals surface area contributed by atoms with Crippen molar-refractivity contribution in [3.05, 3.63) is 53.2 Å². The van der Waals surface area contributed by atoms with E-state index >= 15 is 0 Å². The molecule has 9 heteroatoms. The minimum atomic E-state index is 0.458. The van der Waals surface area contributed by atoms with Crippen LogP contribution in [0.3, 0.4) is 0 Å². The number of hydrogen-bond acceptors (Lipinski definition) is 6. The van der Waals surface area contributed by atoms with E-state index < -0.39 is 0 Å². The van der Waals surface area contributed by atoms with E-state index in [0.29, 0.717) is 34.5 Å². The van der Waals surface area contributed by atoms with E-state index in [1.807, 2.05) is 36.4 Å². The van der Waals surface area contributed by atoms with Crippen LogP contribution in [0.5, 0.6) is 0 Å². The molecule has 0 spiro atoms.